The van der Waals surface area contributed by atoms with Crippen molar-refractivity contribution in [2.24, 2.45) is 10.9 Å². The first kappa shape index (κ1) is 17.4. The zero-order chi connectivity index (χ0) is 17.0. The quantitative estimate of drug-likeness (QED) is 0.865. The lowest BCUT2D eigenvalue weighted by atomic mass is 10.2. The number of amidine groups is 1. The van der Waals surface area contributed by atoms with Crippen LogP contribution < -0.4 is 10.6 Å². The number of carbonyl (C=O) groups is 2. The van der Waals surface area contributed by atoms with Crippen LogP contribution in [0.25, 0.3) is 0 Å². The Morgan fingerprint density at radius 1 is 1.43 bits per heavy atom. The van der Waals surface area contributed by atoms with Crippen LogP contribution in [0.1, 0.15) is 20.3 Å². The van der Waals surface area contributed by atoms with Crippen molar-refractivity contribution in [2.75, 3.05) is 11.9 Å². The molecule has 1 aromatic carbocycles. The number of hydrogen-bond donors (Lipinski definition) is 2. The highest BCUT2D eigenvalue weighted by molar-refractivity contribution is 8.15. The van der Waals surface area contributed by atoms with Gasteiger partial charge in [-0.25, -0.2) is 8.78 Å². The Balaban J connectivity index is 1.92. The average Bonchev–Trinajstić information content (AvgIpc) is 2.80. The van der Waals surface area contributed by atoms with Gasteiger partial charge in [0, 0.05) is 19.0 Å². The number of thioether (sulfide) groups is 1. The molecule has 2 N–H and O–H groups in total. The topological polar surface area (TPSA) is 70.6 Å². The summed E-state index contributed by atoms with van der Waals surface area (Å²) in [5, 5.41) is 4.84. The number of nitrogens with one attached hydrogen (secondary N) is 2. The Hall–Kier alpha value is -1.96. The van der Waals surface area contributed by atoms with E-state index in [2.05, 4.69) is 15.6 Å². The van der Waals surface area contributed by atoms with Gasteiger partial charge < -0.3 is 10.6 Å². The molecule has 0 spiro atoms. The Kier molecular flexibility index (Phi) is 5.70. The molecule has 124 valence electrons. The SMILES string of the molecule is CC(C)CN=C1NC(=O)[C@H](CC(=O)Nc2ccc(F)cc2F)S1. The summed E-state index contributed by atoms with van der Waals surface area (Å²) in [4.78, 5) is 28.0. The summed E-state index contributed by atoms with van der Waals surface area (Å²) in [6, 6.07) is 2.87. The van der Waals surface area contributed by atoms with E-state index in [1.54, 1.807) is 0 Å². The second-order valence-electron chi connectivity index (χ2n) is 5.51. The third-order valence-corrected chi connectivity index (χ3v) is 4.07. The van der Waals surface area contributed by atoms with E-state index in [0.29, 0.717) is 23.7 Å². The molecule has 1 aromatic rings. The van der Waals surface area contributed by atoms with E-state index in [1.165, 1.54) is 11.8 Å². The molecule has 1 fully saturated rings. The first-order chi connectivity index (χ1) is 10.8. The van der Waals surface area contributed by atoms with Gasteiger partial charge in [-0.3, -0.25) is 14.6 Å². The average molecular weight is 341 g/mol. The van der Waals surface area contributed by atoms with Crippen molar-refractivity contribution in [3.8, 4) is 0 Å². The lowest BCUT2D eigenvalue weighted by Gasteiger charge is -2.08. The monoisotopic (exact) mass is 341 g/mol. The zero-order valence-corrected chi connectivity index (χ0v) is 13.5. The van der Waals surface area contributed by atoms with Crippen molar-refractivity contribution in [3.05, 3.63) is 29.8 Å². The fraction of sp³-hybridized carbons (Fsp3) is 0.400. The molecule has 0 aromatic heterocycles. The molecule has 1 aliphatic heterocycles. The van der Waals surface area contributed by atoms with E-state index in [4.69, 9.17) is 0 Å². The van der Waals surface area contributed by atoms with Gasteiger partial charge >= 0.3 is 0 Å². The Labute approximate surface area is 136 Å². The normalized spacial score (nSPS) is 19.3. The molecular weight excluding hydrogens is 324 g/mol. The Morgan fingerprint density at radius 2 is 2.17 bits per heavy atom. The lowest BCUT2D eigenvalue weighted by Crippen LogP contribution is -2.28. The molecule has 8 heteroatoms. The Morgan fingerprint density at radius 3 is 2.83 bits per heavy atom. The maximum atomic E-state index is 13.5. The van der Waals surface area contributed by atoms with Gasteiger partial charge in [0.15, 0.2) is 5.17 Å². The molecule has 0 aliphatic carbocycles. The fourth-order valence-electron chi connectivity index (χ4n) is 1.84. The van der Waals surface area contributed by atoms with Crippen LogP contribution in [-0.2, 0) is 9.59 Å². The number of benzene rings is 1. The van der Waals surface area contributed by atoms with Gasteiger partial charge in [0.25, 0.3) is 0 Å². The Bertz CT molecular complexity index is 650. The largest absolute Gasteiger partial charge is 0.324 e. The highest BCUT2D eigenvalue weighted by atomic mass is 32.2. The first-order valence-electron chi connectivity index (χ1n) is 7.12. The molecule has 1 heterocycles. The second kappa shape index (κ2) is 7.54. The first-order valence-corrected chi connectivity index (χ1v) is 8.00. The number of carbonyl (C=O) groups excluding carboxylic acids is 2. The van der Waals surface area contributed by atoms with Crippen LogP contribution in [0.5, 0.6) is 0 Å². The highest BCUT2D eigenvalue weighted by Gasteiger charge is 2.32. The fourth-order valence-corrected chi connectivity index (χ4v) is 2.82. The van der Waals surface area contributed by atoms with Crippen molar-refractivity contribution >= 4 is 34.4 Å². The number of amides is 2. The van der Waals surface area contributed by atoms with Crippen LogP contribution in [0.2, 0.25) is 0 Å². The van der Waals surface area contributed by atoms with Crippen molar-refractivity contribution < 1.29 is 18.4 Å². The van der Waals surface area contributed by atoms with Crippen LogP contribution in [0.15, 0.2) is 23.2 Å². The molecule has 23 heavy (non-hydrogen) atoms. The number of hydrogen-bond acceptors (Lipinski definition) is 4. The highest BCUT2D eigenvalue weighted by Crippen LogP contribution is 2.23. The van der Waals surface area contributed by atoms with Crippen molar-refractivity contribution in [1.29, 1.82) is 0 Å². The predicted molar refractivity (Wildman–Crippen MR) is 86.3 cm³/mol. The van der Waals surface area contributed by atoms with Crippen LogP contribution in [0.4, 0.5) is 14.5 Å². The molecule has 0 radical (unpaired) electrons. The molecule has 5 nitrogen and oxygen atoms in total. The van der Waals surface area contributed by atoms with E-state index in [1.807, 2.05) is 13.8 Å². The maximum absolute atomic E-state index is 13.5. The summed E-state index contributed by atoms with van der Waals surface area (Å²) < 4.78 is 26.3. The van der Waals surface area contributed by atoms with Crippen molar-refractivity contribution in [3.63, 3.8) is 0 Å². The third kappa shape index (κ3) is 5.02. The van der Waals surface area contributed by atoms with Gasteiger partial charge in [-0.15, -0.1) is 0 Å². The summed E-state index contributed by atoms with van der Waals surface area (Å²) in [6.45, 7) is 4.60. The molecule has 0 saturated carbocycles. The standard InChI is InChI=1S/C15H17F2N3O2S/c1-8(2)7-18-15-20-14(22)12(23-15)6-13(21)19-11-4-3-9(16)5-10(11)17/h3-5,8,12H,6-7H2,1-2H3,(H,19,21)(H,18,20,22)/t12-/m0/s1. The van der Waals surface area contributed by atoms with Crippen LogP contribution >= 0.6 is 11.8 Å². The molecule has 1 saturated heterocycles. The predicted octanol–water partition coefficient (Wildman–Crippen LogP) is 2.54. The van der Waals surface area contributed by atoms with Crippen LogP contribution in [-0.4, -0.2) is 28.8 Å². The smallest absolute Gasteiger partial charge is 0.240 e. The second-order valence-corrected chi connectivity index (χ2v) is 6.70. The van der Waals surface area contributed by atoms with Crippen LogP contribution in [0, 0.1) is 17.6 Å². The van der Waals surface area contributed by atoms with Gasteiger partial charge in [-0.05, 0) is 18.1 Å². The van der Waals surface area contributed by atoms with Gasteiger partial charge in [0.2, 0.25) is 11.8 Å². The molecule has 0 bridgehead atoms. The molecule has 1 aliphatic rings. The number of halogens is 2. The molecule has 2 amide bonds. The summed E-state index contributed by atoms with van der Waals surface area (Å²) >= 11 is 1.18. The molecular formula is C15H17F2N3O2S. The summed E-state index contributed by atoms with van der Waals surface area (Å²) in [5.41, 5.74) is -0.117. The number of nitrogens with zero attached hydrogens (tertiary/aromatic N) is 1. The third-order valence-electron chi connectivity index (χ3n) is 2.95. The van der Waals surface area contributed by atoms with E-state index in [9.17, 15) is 18.4 Å². The molecule has 1 atom stereocenters. The molecule has 0 unspecified atom stereocenters. The van der Waals surface area contributed by atoms with Gasteiger partial charge in [0.1, 0.15) is 16.9 Å². The minimum Gasteiger partial charge on any atom is -0.324 e. The zero-order valence-electron chi connectivity index (χ0n) is 12.7. The van der Waals surface area contributed by atoms with Crippen LogP contribution in [0.3, 0.4) is 0 Å². The minimum atomic E-state index is -0.860. The van der Waals surface area contributed by atoms with E-state index >= 15 is 0 Å². The van der Waals surface area contributed by atoms with E-state index in [-0.39, 0.29) is 18.0 Å². The van der Waals surface area contributed by atoms with Gasteiger partial charge in [-0.1, -0.05) is 25.6 Å². The van der Waals surface area contributed by atoms with E-state index < -0.39 is 22.8 Å². The van der Waals surface area contributed by atoms with Gasteiger partial charge in [-0.2, -0.15) is 0 Å². The van der Waals surface area contributed by atoms with Crippen molar-refractivity contribution in [1.82, 2.24) is 5.32 Å². The number of anilines is 1. The number of rotatable bonds is 5. The van der Waals surface area contributed by atoms with E-state index in [0.717, 1.165) is 12.1 Å². The minimum absolute atomic E-state index is 0.117. The maximum Gasteiger partial charge on any atom is 0.240 e. The summed E-state index contributed by atoms with van der Waals surface area (Å²) in [6.07, 6.45) is -0.117. The van der Waals surface area contributed by atoms with Gasteiger partial charge in [0.05, 0.1) is 5.69 Å². The molecule has 2 rings (SSSR count). The lowest BCUT2D eigenvalue weighted by molar-refractivity contribution is -0.122. The summed E-state index contributed by atoms with van der Waals surface area (Å²) in [5.74, 6) is -2.04. The van der Waals surface area contributed by atoms with Crippen molar-refractivity contribution in [2.45, 2.75) is 25.5 Å². The summed E-state index contributed by atoms with van der Waals surface area (Å²) in [7, 11) is 0. The number of aliphatic imine (C=N–C) groups is 1.